The van der Waals surface area contributed by atoms with E-state index < -0.39 is 5.54 Å². The lowest BCUT2D eigenvalue weighted by Gasteiger charge is -2.21. The van der Waals surface area contributed by atoms with Crippen LogP contribution in [0.1, 0.15) is 26.1 Å². The Hall–Kier alpha value is -1.06. The molecule has 1 aromatic heterocycles. The van der Waals surface area contributed by atoms with Crippen molar-refractivity contribution in [2.75, 3.05) is 12.3 Å². The molecule has 94 valence electrons. The second-order valence-corrected chi connectivity index (χ2v) is 5.22. The van der Waals surface area contributed by atoms with Crippen molar-refractivity contribution in [1.29, 1.82) is 5.26 Å². The SMILES string of the molecule is CCNC(C)(C#N)CCSc1nnc(C)n1C. The largest absolute Gasteiger partial charge is 0.309 e. The molecular weight excluding hydrogens is 234 g/mol. The number of aromatic nitrogens is 3. The third-order valence-corrected chi connectivity index (χ3v) is 3.72. The molecule has 1 aromatic rings. The minimum Gasteiger partial charge on any atom is -0.309 e. The Morgan fingerprint density at radius 1 is 1.53 bits per heavy atom. The highest BCUT2D eigenvalue weighted by atomic mass is 32.2. The molecule has 0 aliphatic rings. The summed E-state index contributed by atoms with van der Waals surface area (Å²) < 4.78 is 1.96. The molecule has 1 atom stereocenters. The first kappa shape index (κ1) is 14.0. The van der Waals surface area contributed by atoms with E-state index in [1.54, 1.807) is 11.8 Å². The van der Waals surface area contributed by atoms with Gasteiger partial charge in [0.15, 0.2) is 5.16 Å². The molecule has 0 fully saturated rings. The first-order chi connectivity index (χ1) is 8.02. The highest BCUT2D eigenvalue weighted by Crippen LogP contribution is 2.20. The molecule has 6 heteroatoms. The average Bonchev–Trinajstić information content (AvgIpc) is 2.61. The quantitative estimate of drug-likeness (QED) is 0.778. The average molecular weight is 253 g/mol. The lowest BCUT2D eigenvalue weighted by atomic mass is 10.0. The van der Waals surface area contributed by atoms with Crippen molar-refractivity contribution < 1.29 is 0 Å². The lowest BCUT2D eigenvalue weighted by Crippen LogP contribution is -2.41. The Morgan fingerprint density at radius 3 is 2.71 bits per heavy atom. The van der Waals surface area contributed by atoms with E-state index in [2.05, 4.69) is 21.6 Å². The topological polar surface area (TPSA) is 66.5 Å². The summed E-state index contributed by atoms with van der Waals surface area (Å²) >= 11 is 1.63. The maximum absolute atomic E-state index is 9.12. The molecule has 0 spiro atoms. The number of rotatable bonds is 6. The van der Waals surface area contributed by atoms with Gasteiger partial charge in [-0.1, -0.05) is 18.7 Å². The van der Waals surface area contributed by atoms with E-state index in [0.29, 0.717) is 0 Å². The molecule has 0 bridgehead atoms. The van der Waals surface area contributed by atoms with Gasteiger partial charge >= 0.3 is 0 Å². The first-order valence-corrected chi connectivity index (χ1v) is 6.66. The molecular formula is C11H19N5S. The molecule has 17 heavy (non-hydrogen) atoms. The van der Waals surface area contributed by atoms with Crippen molar-refractivity contribution in [1.82, 2.24) is 20.1 Å². The summed E-state index contributed by atoms with van der Waals surface area (Å²) in [7, 11) is 1.95. The van der Waals surface area contributed by atoms with Crippen molar-refractivity contribution in [3.63, 3.8) is 0 Å². The van der Waals surface area contributed by atoms with E-state index in [4.69, 9.17) is 5.26 Å². The maximum Gasteiger partial charge on any atom is 0.190 e. The second kappa shape index (κ2) is 6.03. The summed E-state index contributed by atoms with van der Waals surface area (Å²) in [6.07, 6.45) is 0.786. The van der Waals surface area contributed by atoms with Gasteiger partial charge < -0.3 is 4.57 Å². The van der Waals surface area contributed by atoms with Crippen molar-refractivity contribution >= 4 is 11.8 Å². The molecule has 5 nitrogen and oxygen atoms in total. The fraction of sp³-hybridized carbons (Fsp3) is 0.727. The molecule has 0 saturated carbocycles. The summed E-state index contributed by atoms with van der Waals surface area (Å²) in [5.74, 6) is 1.76. The molecule has 1 N–H and O–H groups in total. The molecule has 1 heterocycles. The highest BCUT2D eigenvalue weighted by Gasteiger charge is 2.22. The number of nitrogens with one attached hydrogen (secondary N) is 1. The third-order valence-electron chi connectivity index (χ3n) is 2.70. The Balaban J connectivity index is 2.47. The Morgan fingerprint density at radius 2 is 2.24 bits per heavy atom. The van der Waals surface area contributed by atoms with Crippen LogP contribution in [0.2, 0.25) is 0 Å². The van der Waals surface area contributed by atoms with Gasteiger partial charge in [-0.2, -0.15) is 5.26 Å². The summed E-state index contributed by atoms with van der Waals surface area (Å²) in [4.78, 5) is 0. The van der Waals surface area contributed by atoms with Gasteiger partial charge in [-0.15, -0.1) is 10.2 Å². The maximum atomic E-state index is 9.12. The summed E-state index contributed by atoms with van der Waals surface area (Å²) in [5, 5.41) is 21.3. The van der Waals surface area contributed by atoms with Crippen LogP contribution in [0.4, 0.5) is 0 Å². The fourth-order valence-corrected chi connectivity index (χ4v) is 2.55. The monoisotopic (exact) mass is 253 g/mol. The minimum atomic E-state index is -0.449. The number of thioether (sulfide) groups is 1. The van der Waals surface area contributed by atoms with Crippen LogP contribution >= 0.6 is 11.8 Å². The van der Waals surface area contributed by atoms with Gasteiger partial charge in [-0.3, -0.25) is 5.32 Å². The Bertz CT molecular complexity index is 408. The second-order valence-electron chi connectivity index (χ2n) is 4.16. The van der Waals surface area contributed by atoms with E-state index in [-0.39, 0.29) is 0 Å². The lowest BCUT2D eigenvalue weighted by molar-refractivity contribution is 0.450. The predicted octanol–water partition coefficient (Wildman–Crippen LogP) is 1.50. The Kier molecular flexibility index (Phi) is 4.97. The molecule has 0 aliphatic carbocycles. The number of hydrogen-bond donors (Lipinski definition) is 1. The van der Waals surface area contributed by atoms with Crippen molar-refractivity contribution in [3.05, 3.63) is 5.82 Å². The molecule has 0 radical (unpaired) electrons. The number of nitrogens with zero attached hydrogens (tertiary/aromatic N) is 4. The minimum absolute atomic E-state index is 0.449. The number of nitriles is 1. The normalized spacial score (nSPS) is 14.3. The summed E-state index contributed by atoms with van der Waals surface area (Å²) in [6.45, 7) is 6.67. The number of hydrogen-bond acceptors (Lipinski definition) is 5. The van der Waals surface area contributed by atoms with E-state index >= 15 is 0 Å². The van der Waals surface area contributed by atoms with Gasteiger partial charge in [0.05, 0.1) is 6.07 Å². The zero-order chi connectivity index (χ0) is 12.9. The van der Waals surface area contributed by atoms with Gasteiger partial charge in [-0.05, 0) is 26.8 Å². The summed E-state index contributed by atoms with van der Waals surface area (Å²) in [5.41, 5.74) is -0.449. The molecule has 0 amide bonds. The van der Waals surface area contributed by atoms with Gasteiger partial charge in [0, 0.05) is 12.8 Å². The van der Waals surface area contributed by atoms with Crippen LogP contribution in [0, 0.1) is 18.3 Å². The van der Waals surface area contributed by atoms with E-state index in [0.717, 1.165) is 29.7 Å². The fourth-order valence-electron chi connectivity index (χ4n) is 1.43. The van der Waals surface area contributed by atoms with Gasteiger partial charge in [0.1, 0.15) is 11.4 Å². The molecule has 1 rings (SSSR count). The zero-order valence-corrected chi connectivity index (χ0v) is 11.6. The standard InChI is InChI=1S/C11H19N5S/c1-5-13-11(3,8-12)6-7-17-10-15-14-9(2)16(10)4/h13H,5-7H2,1-4H3. The van der Waals surface area contributed by atoms with E-state index in [1.165, 1.54) is 0 Å². The smallest absolute Gasteiger partial charge is 0.190 e. The van der Waals surface area contributed by atoms with Crippen molar-refractivity contribution in [3.8, 4) is 6.07 Å². The summed E-state index contributed by atoms with van der Waals surface area (Å²) in [6, 6.07) is 2.32. The van der Waals surface area contributed by atoms with Crippen molar-refractivity contribution in [2.24, 2.45) is 7.05 Å². The van der Waals surface area contributed by atoms with E-state index in [9.17, 15) is 0 Å². The molecule has 1 unspecified atom stereocenters. The van der Waals surface area contributed by atoms with Gasteiger partial charge in [0.2, 0.25) is 0 Å². The molecule has 0 aliphatic heterocycles. The van der Waals surface area contributed by atoms with Crippen molar-refractivity contribution in [2.45, 2.75) is 37.9 Å². The number of aryl methyl sites for hydroxylation is 1. The predicted molar refractivity (Wildman–Crippen MR) is 68.8 cm³/mol. The van der Waals surface area contributed by atoms with Crippen LogP contribution in [0.15, 0.2) is 5.16 Å². The van der Waals surface area contributed by atoms with Crippen LogP contribution in [0.25, 0.3) is 0 Å². The third kappa shape index (κ3) is 3.72. The van der Waals surface area contributed by atoms with Gasteiger partial charge in [0.25, 0.3) is 0 Å². The van der Waals surface area contributed by atoms with Crippen LogP contribution in [-0.4, -0.2) is 32.6 Å². The van der Waals surface area contributed by atoms with Crippen LogP contribution in [0.5, 0.6) is 0 Å². The van der Waals surface area contributed by atoms with Gasteiger partial charge in [-0.25, -0.2) is 0 Å². The van der Waals surface area contributed by atoms with Crippen LogP contribution < -0.4 is 5.32 Å². The van der Waals surface area contributed by atoms with Crippen LogP contribution in [-0.2, 0) is 7.05 Å². The highest BCUT2D eigenvalue weighted by molar-refractivity contribution is 7.99. The zero-order valence-electron chi connectivity index (χ0n) is 10.8. The Labute approximate surface area is 107 Å². The molecule has 0 saturated heterocycles. The van der Waals surface area contributed by atoms with Crippen LogP contribution in [0.3, 0.4) is 0 Å². The van der Waals surface area contributed by atoms with E-state index in [1.807, 2.05) is 32.4 Å². The first-order valence-electron chi connectivity index (χ1n) is 5.67. The molecule has 0 aromatic carbocycles.